The van der Waals surface area contributed by atoms with Gasteiger partial charge >= 0.3 is 5.69 Å². The van der Waals surface area contributed by atoms with E-state index in [2.05, 4.69) is 10.2 Å². The van der Waals surface area contributed by atoms with Gasteiger partial charge in [0.05, 0.1) is 5.75 Å². The highest BCUT2D eigenvalue weighted by Crippen LogP contribution is 2.15. The highest BCUT2D eigenvalue weighted by atomic mass is 32.2. The maximum atomic E-state index is 11.4. The topological polar surface area (TPSA) is 69.1 Å². The van der Waals surface area contributed by atoms with Crippen LogP contribution in [0.3, 0.4) is 0 Å². The molecule has 0 radical (unpaired) electrons. The van der Waals surface area contributed by atoms with Crippen LogP contribution in [0.5, 0.6) is 0 Å². The molecule has 0 aliphatic rings. The van der Waals surface area contributed by atoms with Gasteiger partial charge in [-0.05, 0) is 6.42 Å². The molecular formula is C9H17N3O3S. The van der Waals surface area contributed by atoms with Gasteiger partial charge in [-0.2, -0.15) is 0 Å². The molecule has 0 amide bonds. The highest BCUT2D eigenvalue weighted by molar-refractivity contribution is 7.99. The van der Waals surface area contributed by atoms with E-state index in [9.17, 15) is 4.79 Å². The molecule has 16 heavy (non-hydrogen) atoms. The average molecular weight is 247 g/mol. The number of hydrogen-bond acceptors (Lipinski definition) is 5. The Labute approximate surface area is 98.3 Å². The van der Waals surface area contributed by atoms with Crippen molar-refractivity contribution in [3.05, 3.63) is 10.5 Å². The maximum Gasteiger partial charge on any atom is 0.343 e. The van der Waals surface area contributed by atoms with Gasteiger partial charge in [0.25, 0.3) is 0 Å². The van der Waals surface area contributed by atoms with Crippen LogP contribution in [0.4, 0.5) is 0 Å². The normalized spacial score (nSPS) is 11.2. The van der Waals surface area contributed by atoms with Crippen LogP contribution in [0, 0.1) is 0 Å². The van der Waals surface area contributed by atoms with Crippen molar-refractivity contribution >= 4 is 11.8 Å². The molecule has 1 rings (SSSR count). The first-order chi connectivity index (χ1) is 7.72. The number of ether oxygens (including phenoxy) is 2. The van der Waals surface area contributed by atoms with E-state index in [0.29, 0.717) is 17.5 Å². The summed E-state index contributed by atoms with van der Waals surface area (Å²) < 4.78 is 11.7. The molecule has 1 aromatic heterocycles. The molecular weight excluding hydrogens is 230 g/mol. The fraction of sp³-hybridized carbons (Fsp3) is 0.778. The molecule has 0 fully saturated rings. The van der Waals surface area contributed by atoms with Crippen molar-refractivity contribution in [2.75, 3.05) is 20.0 Å². The minimum atomic E-state index is -0.285. The Morgan fingerprint density at radius 1 is 1.50 bits per heavy atom. The zero-order chi connectivity index (χ0) is 12.0. The molecule has 0 unspecified atom stereocenters. The van der Waals surface area contributed by atoms with Gasteiger partial charge in [0.1, 0.15) is 0 Å². The third-order valence-electron chi connectivity index (χ3n) is 2.04. The van der Waals surface area contributed by atoms with Gasteiger partial charge in [-0.15, -0.1) is 5.10 Å². The van der Waals surface area contributed by atoms with Crippen LogP contribution < -0.4 is 5.69 Å². The van der Waals surface area contributed by atoms with Crippen molar-refractivity contribution in [3.8, 4) is 0 Å². The van der Waals surface area contributed by atoms with Crippen LogP contribution in [-0.4, -0.2) is 41.0 Å². The number of nitrogens with zero attached hydrogens (tertiary/aromatic N) is 2. The SMILES string of the molecule is CCCn1c(SCC(OC)OC)n[nH]c1=O. The Kier molecular flexibility index (Phi) is 5.58. The van der Waals surface area contributed by atoms with E-state index in [-0.39, 0.29) is 12.0 Å². The number of aromatic nitrogens is 3. The number of hydrogen-bond donors (Lipinski definition) is 1. The Hall–Kier alpha value is -0.790. The van der Waals surface area contributed by atoms with Crippen LogP contribution in [0.25, 0.3) is 0 Å². The van der Waals surface area contributed by atoms with Crippen LogP contribution in [0.15, 0.2) is 9.95 Å². The fourth-order valence-corrected chi connectivity index (χ4v) is 2.21. The number of aromatic amines is 1. The van der Waals surface area contributed by atoms with Crippen LogP contribution in [0.1, 0.15) is 13.3 Å². The lowest BCUT2D eigenvalue weighted by Gasteiger charge is -2.12. The number of methoxy groups -OCH3 is 2. The summed E-state index contributed by atoms with van der Waals surface area (Å²) >= 11 is 1.44. The van der Waals surface area contributed by atoms with E-state index in [1.807, 2.05) is 6.92 Å². The molecule has 0 bridgehead atoms. The van der Waals surface area contributed by atoms with Gasteiger partial charge in [0, 0.05) is 20.8 Å². The fourth-order valence-electron chi connectivity index (χ4n) is 1.21. The van der Waals surface area contributed by atoms with Crippen molar-refractivity contribution in [1.82, 2.24) is 14.8 Å². The summed E-state index contributed by atoms with van der Waals surface area (Å²) in [5.41, 5.74) is -0.171. The van der Waals surface area contributed by atoms with Gasteiger partial charge in [0.2, 0.25) is 0 Å². The second-order valence-corrected chi connectivity index (χ2v) is 4.16. The number of H-pyrrole nitrogens is 1. The van der Waals surface area contributed by atoms with Gasteiger partial charge < -0.3 is 9.47 Å². The number of rotatable bonds is 7. The molecule has 0 aliphatic carbocycles. The molecule has 0 aliphatic heterocycles. The zero-order valence-corrected chi connectivity index (χ0v) is 10.5. The van der Waals surface area contributed by atoms with E-state index >= 15 is 0 Å². The van der Waals surface area contributed by atoms with Crippen LogP contribution in [0.2, 0.25) is 0 Å². The third kappa shape index (κ3) is 3.36. The molecule has 0 saturated carbocycles. The van der Waals surface area contributed by atoms with E-state index in [1.165, 1.54) is 11.8 Å². The monoisotopic (exact) mass is 247 g/mol. The van der Waals surface area contributed by atoms with E-state index in [1.54, 1.807) is 18.8 Å². The first-order valence-electron chi connectivity index (χ1n) is 5.06. The molecule has 1 aromatic rings. The summed E-state index contributed by atoms with van der Waals surface area (Å²) in [5.74, 6) is 0.598. The standard InChI is InChI=1S/C9H17N3O3S/c1-4-5-12-8(13)10-11-9(12)16-6-7(14-2)15-3/h7H,4-6H2,1-3H3,(H,10,13). The predicted octanol–water partition coefficient (Wildman–Crippen LogP) is 0.692. The lowest BCUT2D eigenvalue weighted by molar-refractivity contribution is -0.0842. The van der Waals surface area contributed by atoms with Crippen molar-refractivity contribution < 1.29 is 9.47 Å². The Morgan fingerprint density at radius 3 is 2.75 bits per heavy atom. The Bertz CT molecular complexity index is 359. The molecule has 92 valence electrons. The molecule has 1 heterocycles. The summed E-state index contributed by atoms with van der Waals surface area (Å²) in [6.07, 6.45) is 0.609. The first kappa shape index (κ1) is 13.3. The van der Waals surface area contributed by atoms with Gasteiger partial charge in [0.15, 0.2) is 11.4 Å². The van der Waals surface area contributed by atoms with E-state index in [0.717, 1.165) is 6.42 Å². The molecule has 0 saturated heterocycles. The Morgan fingerprint density at radius 2 is 2.19 bits per heavy atom. The predicted molar refractivity (Wildman–Crippen MR) is 61.7 cm³/mol. The lowest BCUT2D eigenvalue weighted by Crippen LogP contribution is -2.19. The number of nitrogens with one attached hydrogen (secondary N) is 1. The second-order valence-electron chi connectivity index (χ2n) is 3.17. The van der Waals surface area contributed by atoms with Crippen LogP contribution >= 0.6 is 11.8 Å². The minimum absolute atomic E-state index is 0.171. The number of thioether (sulfide) groups is 1. The second kappa shape index (κ2) is 6.72. The molecule has 6 nitrogen and oxygen atoms in total. The van der Waals surface area contributed by atoms with E-state index < -0.39 is 0 Å². The van der Waals surface area contributed by atoms with Gasteiger partial charge in [-0.1, -0.05) is 18.7 Å². The van der Waals surface area contributed by atoms with Crippen molar-refractivity contribution in [1.29, 1.82) is 0 Å². The summed E-state index contributed by atoms with van der Waals surface area (Å²) in [5, 5.41) is 7.06. The summed E-state index contributed by atoms with van der Waals surface area (Å²) in [4.78, 5) is 11.4. The molecule has 7 heteroatoms. The van der Waals surface area contributed by atoms with Gasteiger partial charge in [-0.3, -0.25) is 4.57 Å². The summed E-state index contributed by atoms with van der Waals surface area (Å²) in [6, 6.07) is 0. The molecule has 1 N–H and O–H groups in total. The maximum absolute atomic E-state index is 11.4. The zero-order valence-electron chi connectivity index (χ0n) is 9.73. The average Bonchev–Trinajstić information content (AvgIpc) is 2.63. The molecule has 0 spiro atoms. The largest absolute Gasteiger partial charge is 0.355 e. The minimum Gasteiger partial charge on any atom is -0.355 e. The van der Waals surface area contributed by atoms with Crippen molar-refractivity contribution in [2.45, 2.75) is 31.3 Å². The first-order valence-corrected chi connectivity index (χ1v) is 6.05. The lowest BCUT2D eigenvalue weighted by atomic mass is 10.5. The van der Waals surface area contributed by atoms with Crippen LogP contribution in [-0.2, 0) is 16.0 Å². The van der Waals surface area contributed by atoms with Gasteiger partial charge in [-0.25, -0.2) is 9.89 Å². The summed E-state index contributed by atoms with van der Waals surface area (Å²) in [6.45, 7) is 2.68. The summed E-state index contributed by atoms with van der Waals surface area (Å²) in [7, 11) is 3.16. The Balaban J connectivity index is 2.62. The molecule has 0 aromatic carbocycles. The van der Waals surface area contributed by atoms with Crippen molar-refractivity contribution in [3.63, 3.8) is 0 Å². The highest BCUT2D eigenvalue weighted by Gasteiger charge is 2.11. The molecule has 0 atom stereocenters. The smallest absolute Gasteiger partial charge is 0.343 e. The third-order valence-corrected chi connectivity index (χ3v) is 3.05. The van der Waals surface area contributed by atoms with Crippen molar-refractivity contribution in [2.24, 2.45) is 0 Å². The quantitative estimate of drug-likeness (QED) is 0.567. The van der Waals surface area contributed by atoms with E-state index in [4.69, 9.17) is 9.47 Å².